The summed E-state index contributed by atoms with van der Waals surface area (Å²) in [4.78, 5) is 119. The minimum Gasteiger partial charge on any atom is -0.469 e. The number of alkyl carbamates (subject to hydrolysis) is 2. The normalized spacial score (nSPS) is 16.8. The Kier molecular flexibility index (Phi) is 22.3. The van der Waals surface area contributed by atoms with E-state index in [1.54, 1.807) is 81.4 Å². The number of ether oxygens (including phenoxy) is 4. The van der Waals surface area contributed by atoms with Gasteiger partial charge in [-0.05, 0) is 76.0 Å². The van der Waals surface area contributed by atoms with Crippen molar-refractivity contribution in [3.63, 3.8) is 0 Å². The van der Waals surface area contributed by atoms with Gasteiger partial charge >= 0.3 is 24.1 Å². The van der Waals surface area contributed by atoms with E-state index in [0.29, 0.717) is 17.5 Å². The number of amides is 6. The SMILES string of the molecule is C=CCOC(=O)CC[C@@H]1NC(=O)c2nc(CCC(=O)OC)oc2[C@H](Cc2ccccc2)NC(=O)[C@H](CCCCNC(=O)OCc2ccccc2)NC(=O)c2nc(CCNC(=O)OC(C)(C)C)oc2[C@H](Cc2ccccc2)NC1=O. The van der Waals surface area contributed by atoms with E-state index in [1.807, 2.05) is 30.3 Å². The minimum atomic E-state index is -1.48. The number of rotatable bonds is 22. The van der Waals surface area contributed by atoms with Gasteiger partial charge in [-0.1, -0.05) is 104 Å². The van der Waals surface area contributed by atoms with Crippen molar-refractivity contribution in [3.05, 3.63) is 155 Å². The van der Waals surface area contributed by atoms with Crippen molar-refractivity contribution in [3.8, 4) is 0 Å². The Morgan fingerprint density at radius 3 is 1.63 bits per heavy atom. The third-order valence-corrected chi connectivity index (χ3v) is 12.1. The number of benzene rings is 3. The first-order valence-corrected chi connectivity index (χ1v) is 26.0. The van der Waals surface area contributed by atoms with Crippen LogP contribution in [-0.4, -0.2) is 102 Å². The highest BCUT2D eigenvalue weighted by molar-refractivity contribution is 5.99. The number of carbonyl (C=O) groups is 8. The molecule has 22 nitrogen and oxygen atoms in total. The molecular formula is C57H68N8O14. The molecule has 3 aromatic carbocycles. The second kappa shape index (κ2) is 29.6. The summed E-state index contributed by atoms with van der Waals surface area (Å²) in [5.41, 5.74) is 0.733. The Morgan fingerprint density at radius 2 is 1.11 bits per heavy atom. The van der Waals surface area contributed by atoms with E-state index in [2.05, 4.69) is 48.4 Å². The molecule has 0 saturated heterocycles. The average Bonchev–Trinajstić information content (AvgIpc) is 4.11. The predicted octanol–water partition coefficient (Wildman–Crippen LogP) is 6.15. The second-order valence-electron chi connectivity index (χ2n) is 19.4. The highest BCUT2D eigenvalue weighted by Gasteiger charge is 2.37. The van der Waals surface area contributed by atoms with Crippen LogP contribution in [0.2, 0.25) is 0 Å². The van der Waals surface area contributed by atoms with E-state index in [0.717, 1.165) is 5.56 Å². The number of hydrogen-bond donors (Lipinski definition) is 6. The first kappa shape index (κ1) is 59.4. The summed E-state index contributed by atoms with van der Waals surface area (Å²) in [5, 5.41) is 16.9. The Hall–Kier alpha value is -8.82. The lowest BCUT2D eigenvalue weighted by Crippen LogP contribution is -2.50. The van der Waals surface area contributed by atoms with Gasteiger partial charge in [-0.2, -0.15) is 0 Å². The number of methoxy groups -OCH3 is 1. The van der Waals surface area contributed by atoms with E-state index >= 15 is 4.79 Å². The topological polar surface area (TPSA) is 298 Å². The van der Waals surface area contributed by atoms with Crippen LogP contribution in [0.3, 0.4) is 0 Å². The number of carbonyl (C=O) groups excluding carboxylic acids is 8. The Balaban J connectivity index is 1.42. The zero-order valence-electron chi connectivity index (χ0n) is 44.8. The molecule has 6 amide bonds. The number of nitrogens with zero attached hydrogens (tertiary/aromatic N) is 2. The summed E-state index contributed by atoms with van der Waals surface area (Å²) in [6, 6.07) is 21.9. The van der Waals surface area contributed by atoms with Crippen LogP contribution in [0.1, 0.15) is 132 Å². The smallest absolute Gasteiger partial charge is 0.407 e. The Morgan fingerprint density at radius 1 is 0.608 bits per heavy atom. The number of oxazole rings is 2. The van der Waals surface area contributed by atoms with Crippen molar-refractivity contribution in [1.82, 2.24) is 41.9 Å². The molecule has 6 N–H and O–H groups in total. The maximum Gasteiger partial charge on any atom is 0.407 e. The first-order valence-electron chi connectivity index (χ1n) is 26.0. The number of aromatic nitrogens is 2. The second-order valence-corrected chi connectivity index (χ2v) is 19.4. The van der Waals surface area contributed by atoms with Gasteiger partial charge in [0.15, 0.2) is 34.7 Å². The van der Waals surface area contributed by atoms with Crippen LogP contribution in [0.5, 0.6) is 0 Å². The molecule has 0 bridgehead atoms. The number of fused-ring (bicyclic) bond motifs is 2. The lowest BCUT2D eigenvalue weighted by atomic mass is 9.99. The standard InChI is InChI=1S/C57H68N8O14/c1-6-32-75-46(67)27-25-40-52(69)63-42(34-37-20-12-8-13-21-37)50-48(65-44(78-50)29-31-59-56(73)79-57(2,3)4)53(70)60-39(24-16-17-30-58-55(72)76-35-38-22-14-9-15-23-38)51(68)62-41(33-36-18-10-7-11-19-36)49-47(54(71)61-40)64-43(77-49)26-28-45(66)74-5/h6-15,18-23,39-42H,1,16-17,24-35H2,2-5H3,(H,58,72)(H,59,73)(H,60,70)(H,61,71)(H,62,68)(H,63,69)/t39-,40-,41-,42-/m0/s1. The van der Waals surface area contributed by atoms with Crippen LogP contribution in [0, 0.1) is 0 Å². The van der Waals surface area contributed by atoms with Crippen molar-refractivity contribution in [1.29, 1.82) is 0 Å². The molecule has 0 radical (unpaired) electrons. The summed E-state index contributed by atoms with van der Waals surface area (Å²) >= 11 is 0. The number of aryl methyl sites for hydroxylation is 1. The van der Waals surface area contributed by atoms with Gasteiger partial charge in [-0.15, -0.1) is 0 Å². The van der Waals surface area contributed by atoms with Crippen LogP contribution in [0.4, 0.5) is 9.59 Å². The summed E-state index contributed by atoms with van der Waals surface area (Å²) < 4.78 is 33.5. The molecule has 5 aromatic rings. The molecule has 6 rings (SSSR count). The summed E-state index contributed by atoms with van der Waals surface area (Å²) in [7, 11) is 1.22. The van der Waals surface area contributed by atoms with E-state index in [9.17, 15) is 33.6 Å². The van der Waals surface area contributed by atoms with E-state index < -0.39 is 77.5 Å². The van der Waals surface area contributed by atoms with Crippen LogP contribution >= 0.6 is 0 Å². The number of nitrogens with one attached hydrogen (secondary N) is 6. The monoisotopic (exact) mass is 1090 g/mol. The molecule has 0 spiro atoms. The highest BCUT2D eigenvalue weighted by Crippen LogP contribution is 2.28. The molecule has 420 valence electrons. The zero-order valence-corrected chi connectivity index (χ0v) is 44.8. The van der Waals surface area contributed by atoms with Crippen molar-refractivity contribution in [2.45, 2.75) is 121 Å². The quantitative estimate of drug-likeness (QED) is 0.0196. The molecule has 22 heteroatoms. The fourth-order valence-corrected chi connectivity index (χ4v) is 8.24. The third kappa shape index (κ3) is 19.3. The van der Waals surface area contributed by atoms with Crippen LogP contribution < -0.4 is 31.9 Å². The molecular weight excluding hydrogens is 1020 g/mol. The van der Waals surface area contributed by atoms with Crippen LogP contribution in [-0.2, 0) is 70.4 Å². The fraction of sp³-hybridized carbons (Fsp3) is 0.404. The van der Waals surface area contributed by atoms with E-state index in [4.69, 9.17) is 27.8 Å². The Labute approximate surface area is 457 Å². The number of esters is 2. The number of unbranched alkanes of at least 4 members (excludes halogenated alkanes) is 1. The molecule has 1 aliphatic heterocycles. The molecule has 0 unspecified atom stereocenters. The predicted molar refractivity (Wildman–Crippen MR) is 285 cm³/mol. The summed E-state index contributed by atoms with van der Waals surface area (Å²) in [5.74, 6) is -4.97. The summed E-state index contributed by atoms with van der Waals surface area (Å²) in [6.07, 6.45) is -0.350. The molecule has 0 aliphatic carbocycles. The average molecular weight is 1090 g/mol. The van der Waals surface area contributed by atoms with Crippen LogP contribution in [0.25, 0.3) is 0 Å². The fourth-order valence-electron chi connectivity index (χ4n) is 8.24. The van der Waals surface area contributed by atoms with Gasteiger partial charge in [-0.25, -0.2) is 19.6 Å². The minimum absolute atomic E-state index is 0.00253. The molecule has 1 aliphatic rings. The first-order chi connectivity index (χ1) is 38.0. The van der Waals surface area contributed by atoms with Gasteiger partial charge in [0, 0.05) is 32.4 Å². The highest BCUT2D eigenvalue weighted by atomic mass is 16.6. The lowest BCUT2D eigenvalue weighted by Gasteiger charge is -2.25. The van der Waals surface area contributed by atoms with Gasteiger partial charge in [0.05, 0.1) is 25.6 Å². The molecule has 0 saturated carbocycles. The molecule has 0 fully saturated rings. The lowest BCUT2D eigenvalue weighted by molar-refractivity contribution is -0.143. The molecule has 2 aromatic heterocycles. The largest absolute Gasteiger partial charge is 0.469 e. The summed E-state index contributed by atoms with van der Waals surface area (Å²) in [6.45, 7) is 8.77. The van der Waals surface area contributed by atoms with Crippen molar-refractivity contribution >= 4 is 47.8 Å². The van der Waals surface area contributed by atoms with Gasteiger partial charge in [0.25, 0.3) is 11.8 Å². The zero-order chi connectivity index (χ0) is 56.7. The third-order valence-electron chi connectivity index (χ3n) is 12.1. The van der Waals surface area contributed by atoms with E-state index in [-0.39, 0.29) is 119 Å². The van der Waals surface area contributed by atoms with Gasteiger partial charge in [0.1, 0.15) is 30.9 Å². The van der Waals surface area contributed by atoms with Gasteiger partial charge < -0.3 is 59.7 Å². The Bertz CT molecular complexity index is 2870. The van der Waals surface area contributed by atoms with Crippen LogP contribution in [0.15, 0.2) is 112 Å². The van der Waals surface area contributed by atoms with E-state index in [1.165, 1.54) is 13.2 Å². The van der Waals surface area contributed by atoms with Gasteiger partial charge in [0.2, 0.25) is 11.8 Å². The molecule has 3 heterocycles. The maximum absolute atomic E-state index is 15.0. The molecule has 79 heavy (non-hydrogen) atoms. The number of hydrogen-bond acceptors (Lipinski definition) is 16. The van der Waals surface area contributed by atoms with Crippen molar-refractivity contribution in [2.75, 3.05) is 26.8 Å². The van der Waals surface area contributed by atoms with Gasteiger partial charge in [-0.3, -0.25) is 28.8 Å². The van der Waals surface area contributed by atoms with Crippen molar-refractivity contribution in [2.24, 2.45) is 0 Å². The van der Waals surface area contributed by atoms with Crippen molar-refractivity contribution < 1.29 is 66.1 Å². The maximum atomic E-state index is 15.0. The molecule has 4 atom stereocenters.